The van der Waals surface area contributed by atoms with E-state index in [1.165, 1.54) is 6.08 Å². The van der Waals surface area contributed by atoms with Crippen molar-refractivity contribution in [2.24, 2.45) is 0 Å². The largest absolute Gasteiger partial charge is 0.516 e. The molecule has 0 saturated carbocycles. The van der Waals surface area contributed by atoms with Crippen LogP contribution >= 0.6 is 0 Å². The molecule has 0 aromatic carbocycles. The van der Waals surface area contributed by atoms with E-state index in [4.69, 9.17) is 5.11 Å². The van der Waals surface area contributed by atoms with Gasteiger partial charge in [-0.15, -0.1) is 0 Å². The maximum absolute atomic E-state index is 10.9. The van der Waals surface area contributed by atoms with Crippen molar-refractivity contribution in [3.8, 4) is 0 Å². The Hall–Kier alpha value is -2.05. The second-order valence-corrected chi connectivity index (χ2v) is 2.18. The maximum atomic E-state index is 10.9. The fraction of sp³-hybridized carbons (Fsp3) is 0.167. The van der Waals surface area contributed by atoms with E-state index in [2.05, 4.69) is 0 Å². The summed E-state index contributed by atoms with van der Waals surface area (Å²) in [6.45, 7) is -0.0958. The highest BCUT2D eigenvalue weighted by molar-refractivity contribution is 4.77. The highest BCUT2D eigenvalue weighted by atomic mass is 16.2. The number of H-pyrrole nitrogens is 2. The lowest BCUT2D eigenvalue weighted by Gasteiger charge is -1.96. The van der Waals surface area contributed by atoms with Crippen LogP contribution in [0.4, 0.5) is 0 Å². The molecule has 1 aromatic heterocycles. The van der Waals surface area contributed by atoms with Crippen LogP contribution in [-0.2, 0) is 6.54 Å². The molecular formula is C6H7N3O4. The standard InChI is InChI=1S/C6H7N3O4/c10-3-1-2-9-5(12)7-4(11)8-6(9)13/h1,3,10H,2H2,(H2,7,8,11,12,13). The number of aliphatic hydroxyl groups is 1. The van der Waals surface area contributed by atoms with Crippen molar-refractivity contribution in [1.82, 2.24) is 14.5 Å². The molecule has 0 spiro atoms. The monoisotopic (exact) mass is 185 g/mol. The number of hydrogen-bond donors (Lipinski definition) is 3. The zero-order chi connectivity index (χ0) is 9.84. The first-order valence-corrected chi connectivity index (χ1v) is 3.38. The summed E-state index contributed by atoms with van der Waals surface area (Å²) in [7, 11) is 0. The van der Waals surface area contributed by atoms with Gasteiger partial charge in [0, 0.05) is 0 Å². The van der Waals surface area contributed by atoms with Crippen molar-refractivity contribution in [3.63, 3.8) is 0 Å². The summed E-state index contributed by atoms with van der Waals surface area (Å²) in [4.78, 5) is 36.2. The van der Waals surface area contributed by atoms with E-state index in [9.17, 15) is 14.4 Å². The third kappa shape index (κ3) is 1.95. The van der Waals surface area contributed by atoms with Gasteiger partial charge in [-0.3, -0.25) is 9.97 Å². The topological polar surface area (TPSA) is 108 Å². The smallest absolute Gasteiger partial charge is 0.333 e. The van der Waals surface area contributed by atoms with Gasteiger partial charge in [0.2, 0.25) is 0 Å². The van der Waals surface area contributed by atoms with Crippen molar-refractivity contribution in [2.75, 3.05) is 0 Å². The second-order valence-electron chi connectivity index (χ2n) is 2.18. The van der Waals surface area contributed by atoms with Crippen molar-refractivity contribution < 1.29 is 5.11 Å². The van der Waals surface area contributed by atoms with Gasteiger partial charge in [0.25, 0.3) is 0 Å². The molecule has 7 nitrogen and oxygen atoms in total. The molecule has 70 valence electrons. The maximum Gasteiger partial charge on any atom is 0.333 e. The first kappa shape index (κ1) is 9.04. The predicted octanol–water partition coefficient (Wildman–Crippen LogP) is -1.70. The molecule has 7 heteroatoms. The molecule has 0 amide bonds. The van der Waals surface area contributed by atoms with Gasteiger partial charge >= 0.3 is 17.1 Å². The van der Waals surface area contributed by atoms with Crippen LogP contribution in [0.2, 0.25) is 0 Å². The Labute approximate surface area is 71.0 Å². The predicted molar refractivity (Wildman–Crippen MR) is 43.7 cm³/mol. The molecule has 0 aliphatic carbocycles. The second kappa shape index (κ2) is 3.57. The van der Waals surface area contributed by atoms with Crippen LogP contribution in [0.1, 0.15) is 0 Å². The summed E-state index contributed by atoms with van der Waals surface area (Å²) in [5, 5.41) is 8.28. The molecular weight excluding hydrogens is 178 g/mol. The van der Waals surface area contributed by atoms with E-state index in [1.54, 1.807) is 0 Å². The lowest BCUT2D eigenvalue weighted by Crippen LogP contribution is -2.42. The zero-order valence-corrected chi connectivity index (χ0v) is 6.48. The molecule has 0 radical (unpaired) electrons. The molecule has 13 heavy (non-hydrogen) atoms. The highest BCUT2D eigenvalue weighted by Crippen LogP contribution is 1.70. The minimum atomic E-state index is -0.848. The van der Waals surface area contributed by atoms with Gasteiger partial charge in [0.1, 0.15) is 0 Å². The van der Waals surface area contributed by atoms with Crippen molar-refractivity contribution in [3.05, 3.63) is 43.8 Å². The van der Waals surface area contributed by atoms with Crippen LogP contribution in [0.25, 0.3) is 0 Å². The van der Waals surface area contributed by atoms with Gasteiger partial charge in [-0.05, 0) is 6.08 Å². The number of nitrogens with one attached hydrogen (secondary N) is 2. The van der Waals surface area contributed by atoms with Crippen LogP contribution in [0, 0.1) is 0 Å². The Morgan fingerprint density at radius 3 is 2.23 bits per heavy atom. The zero-order valence-electron chi connectivity index (χ0n) is 6.48. The molecule has 1 heterocycles. The van der Waals surface area contributed by atoms with E-state index < -0.39 is 17.1 Å². The average Bonchev–Trinajstić information content (AvgIpc) is 2.02. The first-order valence-electron chi connectivity index (χ1n) is 3.38. The van der Waals surface area contributed by atoms with E-state index in [-0.39, 0.29) is 6.54 Å². The third-order valence-corrected chi connectivity index (χ3v) is 1.32. The summed E-state index contributed by atoms with van der Waals surface area (Å²) >= 11 is 0. The SMILES string of the molecule is O=c1[nH]c(=O)n(CC=CO)c(=O)[nH]1. The number of aromatic amines is 2. The Balaban J connectivity index is 3.30. The quantitative estimate of drug-likeness (QED) is 0.477. The molecule has 0 aliphatic heterocycles. The number of hydrogen-bond acceptors (Lipinski definition) is 4. The Morgan fingerprint density at radius 1 is 1.23 bits per heavy atom. The van der Waals surface area contributed by atoms with Gasteiger partial charge in [-0.1, -0.05) is 0 Å². The number of aliphatic hydroxyl groups excluding tert-OH is 1. The Kier molecular flexibility index (Phi) is 2.48. The normalized spacial score (nSPS) is 10.8. The van der Waals surface area contributed by atoms with Crippen LogP contribution in [0.5, 0.6) is 0 Å². The van der Waals surface area contributed by atoms with Crippen molar-refractivity contribution >= 4 is 0 Å². The van der Waals surface area contributed by atoms with Gasteiger partial charge < -0.3 is 5.11 Å². The van der Waals surface area contributed by atoms with E-state index in [0.717, 1.165) is 4.57 Å². The molecule has 0 bridgehead atoms. The van der Waals surface area contributed by atoms with Gasteiger partial charge in [0.05, 0.1) is 12.8 Å². The molecule has 0 unspecified atom stereocenters. The summed E-state index contributed by atoms with van der Waals surface area (Å²) in [6, 6.07) is 0. The molecule has 1 rings (SSSR count). The number of allylic oxidation sites excluding steroid dienone is 1. The van der Waals surface area contributed by atoms with Crippen LogP contribution < -0.4 is 17.1 Å². The van der Waals surface area contributed by atoms with Crippen LogP contribution in [-0.4, -0.2) is 19.6 Å². The lowest BCUT2D eigenvalue weighted by atomic mass is 10.6. The van der Waals surface area contributed by atoms with Gasteiger partial charge in [0.15, 0.2) is 0 Å². The summed E-state index contributed by atoms with van der Waals surface area (Å²) in [5.74, 6) is 0. The third-order valence-electron chi connectivity index (χ3n) is 1.32. The van der Waals surface area contributed by atoms with Crippen molar-refractivity contribution in [2.45, 2.75) is 6.54 Å². The lowest BCUT2D eigenvalue weighted by molar-refractivity contribution is 0.468. The van der Waals surface area contributed by atoms with E-state index in [1.807, 2.05) is 9.97 Å². The minimum absolute atomic E-state index is 0.0958. The molecule has 0 atom stereocenters. The number of rotatable bonds is 2. The van der Waals surface area contributed by atoms with Crippen LogP contribution in [0.15, 0.2) is 26.7 Å². The highest BCUT2D eigenvalue weighted by Gasteiger charge is 1.99. The molecule has 0 fully saturated rings. The minimum Gasteiger partial charge on any atom is -0.516 e. The van der Waals surface area contributed by atoms with Gasteiger partial charge in [-0.25, -0.2) is 19.0 Å². The Bertz CT molecular complexity index is 443. The van der Waals surface area contributed by atoms with Gasteiger partial charge in [-0.2, -0.15) is 0 Å². The molecule has 3 N–H and O–H groups in total. The Morgan fingerprint density at radius 2 is 1.77 bits per heavy atom. The number of nitrogens with zero attached hydrogens (tertiary/aromatic N) is 1. The first-order chi connectivity index (χ1) is 6.15. The molecule has 0 saturated heterocycles. The fourth-order valence-corrected chi connectivity index (χ4v) is 0.771. The summed E-state index contributed by atoms with van der Waals surface area (Å²) < 4.78 is 0.730. The van der Waals surface area contributed by atoms with Crippen LogP contribution in [0.3, 0.4) is 0 Å². The van der Waals surface area contributed by atoms with Crippen molar-refractivity contribution in [1.29, 1.82) is 0 Å². The summed E-state index contributed by atoms with van der Waals surface area (Å²) in [6.07, 6.45) is 1.89. The molecule has 1 aromatic rings. The van der Waals surface area contributed by atoms with E-state index in [0.29, 0.717) is 6.26 Å². The average molecular weight is 185 g/mol. The number of aromatic nitrogens is 3. The van der Waals surface area contributed by atoms with E-state index >= 15 is 0 Å². The summed E-state index contributed by atoms with van der Waals surface area (Å²) in [5.41, 5.74) is -2.47. The molecule has 0 aliphatic rings. The fourth-order valence-electron chi connectivity index (χ4n) is 0.771.